The molecule has 3 heteroatoms. The Kier molecular flexibility index (Phi) is 5.12. The molecule has 0 aromatic heterocycles. The van der Waals surface area contributed by atoms with Crippen LogP contribution in [0.3, 0.4) is 0 Å². The van der Waals surface area contributed by atoms with Crippen LogP contribution in [0.15, 0.2) is 48.5 Å². The molecule has 2 aromatic rings. The molecule has 2 rings (SSSR count). The summed E-state index contributed by atoms with van der Waals surface area (Å²) in [5.74, 6) is 0.00429. The quantitative estimate of drug-likeness (QED) is 0.886. The first kappa shape index (κ1) is 15.3. The van der Waals surface area contributed by atoms with Crippen LogP contribution < -0.4 is 11.1 Å². The highest BCUT2D eigenvalue weighted by atomic mass is 16.1. The Hall–Kier alpha value is -2.13. The number of hydrogen-bond acceptors (Lipinski definition) is 2. The maximum Gasteiger partial charge on any atom is 0.224 e. The van der Waals surface area contributed by atoms with Crippen LogP contribution in [0.2, 0.25) is 0 Å². The van der Waals surface area contributed by atoms with Gasteiger partial charge in [-0.3, -0.25) is 4.79 Å². The summed E-state index contributed by atoms with van der Waals surface area (Å²) in [6, 6.07) is 15.7. The summed E-state index contributed by atoms with van der Waals surface area (Å²) in [4.78, 5) is 12.0. The van der Waals surface area contributed by atoms with E-state index in [1.807, 2.05) is 42.5 Å². The van der Waals surface area contributed by atoms with E-state index in [1.165, 1.54) is 11.1 Å². The lowest BCUT2D eigenvalue weighted by molar-refractivity contribution is -0.120. The molecule has 110 valence electrons. The molecular weight excluding hydrogens is 260 g/mol. The zero-order valence-electron chi connectivity index (χ0n) is 12.6. The summed E-state index contributed by atoms with van der Waals surface area (Å²) < 4.78 is 0. The van der Waals surface area contributed by atoms with Gasteiger partial charge in [-0.05, 0) is 36.1 Å². The standard InChI is InChI=1S/C18H22N2O/c1-13-8-9-15(10-14(13)2)11-18(21)20-12-17(19)16-6-4-3-5-7-16/h3-10,17H,11-12,19H2,1-2H3,(H,20,21). The Morgan fingerprint density at radius 2 is 1.81 bits per heavy atom. The summed E-state index contributed by atoms with van der Waals surface area (Å²) in [6.07, 6.45) is 0.391. The van der Waals surface area contributed by atoms with Crippen LogP contribution in [0, 0.1) is 13.8 Å². The van der Waals surface area contributed by atoms with Crippen LogP contribution in [-0.2, 0) is 11.2 Å². The van der Waals surface area contributed by atoms with E-state index in [2.05, 4.69) is 25.2 Å². The van der Waals surface area contributed by atoms with Gasteiger partial charge in [0.25, 0.3) is 0 Å². The fourth-order valence-electron chi connectivity index (χ4n) is 2.20. The van der Waals surface area contributed by atoms with Gasteiger partial charge in [0.2, 0.25) is 5.91 Å². The van der Waals surface area contributed by atoms with E-state index in [0.29, 0.717) is 13.0 Å². The number of aryl methyl sites for hydroxylation is 2. The van der Waals surface area contributed by atoms with E-state index in [9.17, 15) is 4.79 Å². The highest BCUT2D eigenvalue weighted by Gasteiger charge is 2.08. The molecule has 0 heterocycles. The van der Waals surface area contributed by atoms with Gasteiger partial charge in [0.05, 0.1) is 6.42 Å². The van der Waals surface area contributed by atoms with Crippen molar-refractivity contribution in [1.29, 1.82) is 0 Å². The van der Waals surface area contributed by atoms with E-state index in [0.717, 1.165) is 11.1 Å². The van der Waals surface area contributed by atoms with Gasteiger partial charge in [-0.1, -0.05) is 48.5 Å². The van der Waals surface area contributed by atoms with Crippen molar-refractivity contribution in [3.8, 4) is 0 Å². The molecule has 0 radical (unpaired) electrons. The normalized spacial score (nSPS) is 12.0. The maximum absolute atomic E-state index is 12.0. The van der Waals surface area contributed by atoms with Crippen molar-refractivity contribution >= 4 is 5.91 Å². The number of benzene rings is 2. The molecular formula is C18H22N2O. The van der Waals surface area contributed by atoms with Gasteiger partial charge >= 0.3 is 0 Å². The Morgan fingerprint density at radius 1 is 1.10 bits per heavy atom. The van der Waals surface area contributed by atoms with Crippen molar-refractivity contribution in [2.75, 3.05) is 6.54 Å². The second-order valence-electron chi connectivity index (χ2n) is 5.42. The van der Waals surface area contributed by atoms with Crippen molar-refractivity contribution in [1.82, 2.24) is 5.32 Å². The molecule has 1 atom stereocenters. The maximum atomic E-state index is 12.0. The number of carbonyl (C=O) groups excluding carboxylic acids is 1. The summed E-state index contributed by atoms with van der Waals surface area (Å²) in [5, 5.41) is 2.90. The Labute approximate surface area is 126 Å². The fourth-order valence-corrected chi connectivity index (χ4v) is 2.20. The number of rotatable bonds is 5. The monoisotopic (exact) mass is 282 g/mol. The SMILES string of the molecule is Cc1ccc(CC(=O)NCC(N)c2ccccc2)cc1C. The third-order valence-electron chi connectivity index (χ3n) is 3.68. The number of nitrogens with two attached hydrogens (primary N) is 1. The first-order valence-electron chi connectivity index (χ1n) is 7.19. The lowest BCUT2D eigenvalue weighted by Gasteiger charge is -2.13. The molecule has 2 aromatic carbocycles. The molecule has 0 aliphatic rings. The van der Waals surface area contributed by atoms with E-state index < -0.39 is 0 Å². The third kappa shape index (κ3) is 4.43. The van der Waals surface area contributed by atoms with Crippen LogP contribution in [0.1, 0.15) is 28.3 Å². The molecule has 0 saturated carbocycles. The first-order chi connectivity index (χ1) is 10.1. The third-order valence-corrected chi connectivity index (χ3v) is 3.68. The van der Waals surface area contributed by atoms with E-state index in [1.54, 1.807) is 0 Å². The molecule has 0 saturated heterocycles. The molecule has 1 unspecified atom stereocenters. The molecule has 1 amide bonds. The fraction of sp³-hybridized carbons (Fsp3) is 0.278. The van der Waals surface area contributed by atoms with Crippen molar-refractivity contribution in [3.63, 3.8) is 0 Å². The second kappa shape index (κ2) is 7.04. The van der Waals surface area contributed by atoms with Crippen LogP contribution in [0.5, 0.6) is 0 Å². The summed E-state index contributed by atoms with van der Waals surface area (Å²) in [6.45, 7) is 4.58. The van der Waals surface area contributed by atoms with E-state index >= 15 is 0 Å². The van der Waals surface area contributed by atoms with Crippen LogP contribution in [-0.4, -0.2) is 12.5 Å². The largest absolute Gasteiger partial charge is 0.354 e. The van der Waals surface area contributed by atoms with Gasteiger partial charge in [0.1, 0.15) is 0 Å². The Bertz CT molecular complexity index is 608. The van der Waals surface area contributed by atoms with Crippen LogP contribution in [0.25, 0.3) is 0 Å². The summed E-state index contributed by atoms with van der Waals surface area (Å²) in [5.41, 5.74) is 10.6. The number of hydrogen-bond donors (Lipinski definition) is 2. The van der Waals surface area contributed by atoms with E-state index in [-0.39, 0.29) is 11.9 Å². The molecule has 3 nitrogen and oxygen atoms in total. The molecule has 3 N–H and O–H groups in total. The number of amides is 1. The highest BCUT2D eigenvalue weighted by molar-refractivity contribution is 5.78. The lowest BCUT2D eigenvalue weighted by atomic mass is 10.0. The second-order valence-corrected chi connectivity index (χ2v) is 5.42. The molecule has 0 bridgehead atoms. The minimum absolute atomic E-state index is 0.00429. The Morgan fingerprint density at radius 3 is 2.48 bits per heavy atom. The number of nitrogens with one attached hydrogen (secondary N) is 1. The van der Waals surface area contributed by atoms with Crippen LogP contribution >= 0.6 is 0 Å². The predicted molar refractivity (Wildman–Crippen MR) is 86.0 cm³/mol. The molecule has 0 fully saturated rings. The van der Waals surface area contributed by atoms with Crippen molar-refractivity contribution in [2.45, 2.75) is 26.3 Å². The summed E-state index contributed by atoms with van der Waals surface area (Å²) in [7, 11) is 0. The average Bonchev–Trinajstić information content (AvgIpc) is 2.49. The molecule has 0 spiro atoms. The van der Waals surface area contributed by atoms with Crippen molar-refractivity contribution in [2.24, 2.45) is 5.73 Å². The van der Waals surface area contributed by atoms with Gasteiger partial charge in [0, 0.05) is 12.6 Å². The Balaban J connectivity index is 1.86. The van der Waals surface area contributed by atoms with Gasteiger partial charge in [-0.25, -0.2) is 0 Å². The highest BCUT2D eigenvalue weighted by Crippen LogP contribution is 2.11. The molecule has 0 aliphatic heterocycles. The smallest absolute Gasteiger partial charge is 0.224 e. The minimum Gasteiger partial charge on any atom is -0.354 e. The first-order valence-corrected chi connectivity index (χ1v) is 7.19. The van der Waals surface area contributed by atoms with Gasteiger partial charge in [-0.2, -0.15) is 0 Å². The topological polar surface area (TPSA) is 55.1 Å². The van der Waals surface area contributed by atoms with E-state index in [4.69, 9.17) is 5.73 Å². The van der Waals surface area contributed by atoms with Gasteiger partial charge < -0.3 is 11.1 Å². The van der Waals surface area contributed by atoms with Crippen molar-refractivity contribution < 1.29 is 4.79 Å². The van der Waals surface area contributed by atoms with Crippen molar-refractivity contribution in [3.05, 3.63) is 70.8 Å². The van der Waals surface area contributed by atoms with Gasteiger partial charge in [-0.15, -0.1) is 0 Å². The molecule has 21 heavy (non-hydrogen) atoms. The lowest BCUT2D eigenvalue weighted by Crippen LogP contribution is -2.32. The van der Waals surface area contributed by atoms with Gasteiger partial charge in [0.15, 0.2) is 0 Å². The summed E-state index contributed by atoms with van der Waals surface area (Å²) >= 11 is 0. The average molecular weight is 282 g/mol. The predicted octanol–water partition coefficient (Wildman–Crippen LogP) is 2.66. The number of carbonyl (C=O) groups is 1. The minimum atomic E-state index is -0.171. The van der Waals surface area contributed by atoms with Crippen LogP contribution in [0.4, 0.5) is 0 Å². The molecule has 0 aliphatic carbocycles. The zero-order chi connectivity index (χ0) is 15.2. The zero-order valence-corrected chi connectivity index (χ0v) is 12.6.